The zero-order chi connectivity index (χ0) is 15.3. The lowest BCUT2D eigenvalue weighted by Crippen LogP contribution is -2.49. The molecule has 0 heterocycles. The molecule has 20 heavy (non-hydrogen) atoms. The van der Waals surface area contributed by atoms with Gasteiger partial charge in [-0.2, -0.15) is 0 Å². The van der Waals surface area contributed by atoms with Crippen LogP contribution >= 0.6 is 0 Å². The predicted molar refractivity (Wildman–Crippen MR) is 82.4 cm³/mol. The van der Waals surface area contributed by atoms with Gasteiger partial charge in [-0.05, 0) is 44.9 Å². The number of urea groups is 1. The average Bonchev–Trinajstić information content (AvgIpc) is 2.37. The third-order valence-electron chi connectivity index (χ3n) is 3.15. The number of benzene rings is 1. The van der Waals surface area contributed by atoms with Crippen LogP contribution in [0.4, 0.5) is 4.79 Å². The van der Waals surface area contributed by atoms with Crippen molar-refractivity contribution in [3.8, 4) is 0 Å². The molecule has 0 fully saturated rings. The lowest BCUT2D eigenvalue weighted by Gasteiger charge is -2.28. The molecule has 1 atom stereocenters. The first-order valence-corrected chi connectivity index (χ1v) is 6.72. The minimum Gasteiger partial charge on any atom is -0.394 e. The number of carbonyl (C=O) groups excluding carboxylic acids is 1. The van der Waals surface area contributed by atoms with Gasteiger partial charge in [0.05, 0.1) is 18.2 Å². The van der Waals surface area contributed by atoms with Crippen LogP contribution in [0.1, 0.15) is 38.8 Å². The topological polar surface area (TPSA) is 61.4 Å². The molecule has 0 aromatic heterocycles. The van der Waals surface area contributed by atoms with E-state index in [0.29, 0.717) is 0 Å². The second-order valence-corrected chi connectivity index (χ2v) is 5.67. The number of allylic oxidation sites excluding steroid dienone is 1. The van der Waals surface area contributed by atoms with Gasteiger partial charge in [0, 0.05) is 0 Å². The van der Waals surface area contributed by atoms with Crippen LogP contribution < -0.4 is 10.6 Å². The summed E-state index contributed by atoms with van der Waals surface area (Å²) in [6, 6.07) is 7.39. The van der Waals surface area contributed by atoms with E-state index in [-0.39, 0.29) is 18.7 Å². The molecule has 1 aromatic carbocycles. The van der Waals surface area contributed by atoms with Crippen LogP contribution in [0.3, 0.4) is 0 Å². The molecule has 3 N–H and O–H groups in total. The molecular formula is C16H24N2O2. The largest absolute Gasteiger partial charge is 0.394 e. The highest BCUT2D eigenvalue weighted by Gasteiger charge is 2.23. The SMILES string of the molecule is C=C(C)c1cccc(C(C)(C)NC(=O)N[C@@H](C)CO)c1. The minimum atomic E-state index is -0.509. The summed E-state index contributed by atoms with van der Waals surface area (Å²) in [6.07, 6.45) is 0. The van der Waals surface area contributed by atoms with E-state index in [4.69, 9.17) is 5.11 Å². The van der Waals surface area contributed by atoms with Crippen molar-refractivity contribution in [2.75, 3.05) is 6.61 Å². The monoisotopic (exact) mass is 276 g/mol. The van der Waals surface area contributed by atoms with Crippen molar-refractivity contribution >= 4 is 11.6 Å². The second kappa shape index (κ2) is 6.57. The molecule has 4 heteroatoms. The zero-order valence-electron chi connectivity index (χ0n) is 12.7. The summed E-state index contributed by atoms with van der Waals surface area (Å²) in [6.45, 7) is 11.4. The molecule has 1 rings (SSSR count). The molecule has 0 saturated carbocycles. The first kappa shape index (κ1) is 16.2. The maximum Gasteiger partial charge on any atom is 0.315 e. The molecule has 4 nitrogen and oxygen atoms in total. The second-order valence-electron chi connectivity index (χ2n) is 5.67. The van der Waals surface area contributed by atoms with Gasteiger partial charge in [0.25, 0.3) is 0 Å². The fourth-order valence-electron chi connectivity index (χ4n) is 1.83. The van der Waals surface area contributed by atoms with Crippen LogP contribution in [0.2, 0.25) is 0 Å². The summed E-state index contributed by atoms with van der Waals surface area (Å²) in [4.78, 5) is 11.9. The van der Waals surface area contributed by atoms with E-state index in [0.717, 1.165) is 16.7 Å². The quantitative estimate of drug-likeness (QED) is 0.774. The van der Waals surface area contributed by atoms with Gasteiger partial charge in [-0.3, -0.25) is 0 Å². The standard InChI is InChI=1S/C16H24N2O2/c1-11(2)13-7-6-8-14(9-13)16(4,5)18-15(20)17-12(3)10-19/h6-9,12,19H,1,10H2,2-5H3,(H2,17,18,20)/t12-/m0/s1. The number of carbonyl (C=O) groups is 1. The first-order chi connectivity index (χ1) is 9.26. The van der Waals surface area contributed by atoms with Crippen molar-refractivity contribution in [3.05, 3.63) is 42.0 Å². The van der Waals surface area contributed by atoms with Crippen molar-refractivity contribution in [3.63, 3.8) is 0 Å². The van der Waals surface area contributed by atoms with Crippen LogP contribution in [-0.2, 0) is 5.54 Å². The summed E-state index contributed by atoms with van der Waals surface area (Å²) in [5.41, 5.74) is 2.54. The van der Waals surface area contributed by atoms with Crippen LogP contribution in [0.25, 0.3) is 5.57 Å². The minimum absolute atomic E-state index is 0.0843. The van der Waals surface area contributed by atoms with Crippen molar-refractivity contribution in [1.82, 2.24) is 10.6 Å². The van der Waals surface area contributed by atoms with Crippen LogP contribution in [0.5, 0.6) is 0 Å². The summed E-state index contributed by atoms with van der Waals surface area (Å²) in [5, 5.41) is 14.5. The summed E-state index contributed by atoms with van der Waals surface area (Å²) >= 11 is 0. The lowest BCUT2D eigenvalue weighted by molar-refractivity contribution is 0.212. The highest BCUT2D eigenvalue weighted by atomic mass is 16.3. The molecule has 0 unspecified atom stereocenters. The third kappa shape index (κ3) is 4.38. The van der Waals surface area contributed by atoms with Crippen LogP contribution in [-0.4, -0.2) is 23.8 Å². The van der Waals surface area contributed by atoms with E-state index < -0.39 is 5.54 Å². The van der Waals surface area contributed by atoms with Gasteiger partial charge in [-0.25, -0.2) is 4.79 Å². The molecule has 0 aliphatic rings. The smallest absolute Gasteiger partial charge is 0.315 e. The van der Waals surface area contributed by atoms with E-state index in [9.17, 15) is 4.79 Å². The third-order valence-corrected chi connectivity index (χ3v) is 3.15. The number of aliphatic hydroxyl groups is 1. The lowest BCUT2D eigenvalue weighted by atomic mass is 9.92. The molecular weight excluding hydrogens is 252 g/mol. The predicted octanol–water partition coefficient (Wildman–Crippen LogP) is 2.63. The average molecular weight is 276 g/mol. The molecule has 0 bridgehead atoms. The van der Waals surface area contributed by atoms with Crippen LogP contribution in [0, 0.1) is 0 Å². The Balaban J connectivity index is 2.85. The number of hydrogen-bond donors (Lipinski definition) is 3. The Hall–Kier alpha value is -1.81. The number of nitrogens with one attached hydrogen (secondary N) is 2. The Morgan fingerprint density at radius 3 is 2.65 bits per heavy atom. The normalized spacial score (nSPS) is 12.7. The Labute approximate surface area is 120 Å². The molecule has 0 aliphatic heterocycles. The maximum atomic E-state index is 11.9. The molecule has 110 valence electrons. The van der Waals surface area contributed by atoms with Gasteiger partial charge in [0.15, 0.2) is 0 Å². The Bertz CT molecular complexity index is 495. The first-order valence-electron chi connectivity index (χ1n) is 6.72. The van der Waals surface area contributed by atoms with E-state index in [1.54, 1.807) is 6.92 Å². The molecule has 0 saturated heterocycles. The molecule has 1 aromatic rings. The van der Waals surface area contributed by atoms with Gasteiger partial charge in [0.1, 0.15) is 0 Å². The van der Waals surface area contributed by atoms with E-state index in [1.165, 1.54) is 0 Å². The van der Waals surface area contributed by atoms with Gasteiger partial charge in [-0.15, -0.1) is 0 Å². The van der Waals surface area contributed by atoms with Crippen molar-refractivity contribution in [2.45, 2.75) is 39.3 Å². The fourth-order valence-corrected chi connectivity index (χ4v) is 1.83. The molecule has 0 aliphatic carbocycles. The number of aliphatic hydroxyl groups excluding tert-OH is 1. The fraction of sp³-hybridized carbons (Fsp3) is 0.438. The van der Waals surface area contributed by atoms with Crippen molar-refractivity contribution in [1.29, 1.82) is 0 Å². The highest BCUT2D eigenvalue weighted by molar-refractivity contribution is 5.75. The molecule has 0 radical (unpaired) electrons. The van der Waals surface area contributed by atoms with Gasteiger partial charge in [-0.1, -0.05) is 30.4 Å². The maximum absolute atomic E-state index is 11.9. The number of amides is 2. The van der Waals surface area contributed by atoms with E-state index in [2.05, 4.69) is 17.2 Å². The van der Waals surface area contributed by atoms with E-state index in [1.807, 2.05) is 45.0 Å². The summed E-state index contributed by atoms with van der Waals surface area (Å²) in [5.74, 6) is 0. The zero-order valence-corrected chi connectivity index (χ0v) is 12.7. The Morgan fingerprint density at radius 2 is 2.10 bits per heavy atom. The Kier molecular flexibility index (Phi) is 5.34. The Morgan fingerprint density at radius 1 is 1.45 bits per heavy atom. The summed E-state index contributed by atoms with van der Waals surface area (Å²) < 4.78 is 0. The number of rotatable bonds is 5. The molecule has 0 spiro atoms. The number of hydrogen-bond acceptors (Lipinski definition) is 2. The van der Waals surface area contributed by atoms with Crippen molar-refractivity contribution < 1.29 is 9.90 Å². The highest BCUT2D eigenvalue weighted by Crippen LogP contribution is 2.23. The van der Waals surface area contributed by atoms with E-state index >= 15 is 0 Å². The van der Waals surface area contributed by atoms with Crippen molar-refractivity contribution in [2.24, 2.45) is 0 Å². The van der Waals surface area contributed by atoms with Crippen LogP contribution in [0.15, 0.2) is 30.8 Å². The summed E-state index contributed by atoms with van der Waals surface area (Å²) in [7, 11) is 0. The molecule has 2 amide bonds. The van der Waals surface area contributed by atoms with Gasteiger partial charge in [0.2, 0.25) is 0 Å². The van der Waals surface area contributed by atoms with Gasteiger partial charge >= 0.3 is 6.03 Å². The van der Waals surface area contributed by atoms with Gasteiger partial charge < -0.3 is 15.7 Å².